The Labute approximate surface area is 247 Å². The first-order valence-corrected chi connectivity index (χ1v) is 14.9. The number of carbonyl (C=O) groups excluding carboxylic acids is 3. The molecule has 42 heavy (non-hydrogen) atoms. The van der Waals surface area contributed by atoms with E-state index in [1.807, 2.05) is 93.6 Å². The summed E-state index contributed by atoms with van der Waals surface area (Å²) in [6.45, 7) is 8.44. The molecule has 220 valence electrons. The van der Waals surface area contributed by atoms with Gasteiger partial charge in [-0.2, -0.15) is 0 Å². The van der Waals surface area contributed by atoms with Gasteiger partial charge in [0.2, 0.25) is 11.8 Å². The smallest absolute Gasteiger partial charge is 0.253 e. The minimum atomic E-state index is -1.36. The summed E-state index contributed by atoms with van der Waals surface area (Å²) in [6.07, 6.45) is 8.15. The van der Waals surface area contributed by atoms with Gasteiger partial charge in [0.1, 0.15) is 11.6 Å². The lowest BCUT2D eigenvalue weighted by atomic mass is 9.73. The summed E-state index contributed by atoms with van der Waals surface area (Å²) in [4.78, 5) is 48.8. The van der Waals surface area contributed by atoms with Crippen LogP contribution >= 0.6 is 0 Å². The van der Waals surface area contributed by atoms with Gasteiger partial charge in [-0.3, -0.25) is 14.4 Å². The Bertz CT molecular complexity index is 1450. The normalized spacial score (nSPS) is 31.1. The number of aliphatic hydroxyl groups excluding tert-OH is 1. The highest BCUT2D eigenvalue weighted by Crippen LogP contribution is 2.59. The number of benzene rings is 2. The van der Waals surface area contributed by atoms with E-state index in [1.54, 1.807) is 16.7 Å². The van der Waals surface area contributed by atoms with Crippen molar-refractivity contribution in [3.63, 3.8) is 0 Å². The predicted octanol–water partition coefficient (Wildman–Crippen LogP) is 3.55. The molecule has 0 radical (unpaired) electrons. The lowest BCUT2D eigenvalue weighted by Gasteiger charge is -2.40. The zero-order valence-electron chi connectivity index (χ0n) is 24.7. The van der Waals surface area contributed by atoms with Gasteiger partial charge in [0.15, 0.2) is 0 Å². The summed E-state index contributed by atoms with van der Waals surface area (Å²) in [6, 6.07) is 14.0. The molecule has 2 aromatic carbocycles. The Kier molecular flexibility index (Phi) is 7.10. The number of fused-ring (bicyclic) bond motifs is 2. The maximum atomic E-state index is 14.7. The van der Waals surface area contributed by atoms with Crippen LogP contribution in [0.5, 0.6) is 0 Å². The second-order valence-electron chi connectivity index (χ2n) is 12.1. The van der Waals surface area contributed by atoms with E-state index in [9.17, 15) is 19.5 Å². The van der Waals surface area contributed by atoms with Crippen LogP contribution in [0.15, 0.2) is 72.8 Å². The first-order valence-electron chi connectivity index (χ1n) is 14.9. The summed E-state index contributed by atoms with van der Waals surface area (Å²) >= 11 is 0. The number of para-hydroxylation sites is 1. The van der Waals surface area contributed by atoms with Gasteiger partial charge in [-0.1, -0.05) is 79.8 Å². The van der Waals surface area contributed by atoms with Crippen molar-refractivity contribution < 1.29 is 24.2 Å². The fourth-order valence-corrected chi connectivity index (χ4v) is 7.69. The number of aryl methyl sites for hydroxylation is 2. The number of likely N-dealkylation sites (tertiary alicyclic amines) is 1. The van der Waals surface area contributed by atoms with Crippen LogP contribution in [0.25, 0.3) is 0 Å². The van der Waals surface area contributed by atoms with Crippen LogP contribution in [0, 0.1) is 25.7 Å². The van der Waals surface area contributed by atoms with E-state index in [4.69, 9.17) is 4.74 Å². The van der Waals surface area contributed by atoms with Crippen LogP contribution in [0.2, 0.25) is 0 Å². The van der Waals surface area contributed by atoms with Crippen molar-refractivity contribution >= 4 is 23.4 Å². The van der Waals surface area contributed by atoms with Gasteiger partial charge in [0, 0.05) is 25.3 Å². The third kappa shape index (κ3) is 4.07. The van der Waals surface area contributed by atoms with Crippen molar-refractivity contribution in [2.75, 3.05) is 24.6 Å². The van der Waals surface area contributed by atoms with E-state index in [2.05, 4.69) is 0 Å². The van der Waals surface area contributed by atoms with Crippen LogP contribution in [0.1, 0.15) is 37.0 Å². The van der Waals surface area contributed by atoms with E-state index < -0.39 is 35.1 Å². The average molecular weight is 570 g/mol. The molecular formula is C34H39N3O5. The van der Waals surface area contributed by atoms with Crippen LogP contribution in [0.4, 0.5) is 5.69 Å². The number of hydrogen-bond donors (Lipinski definition) is 1. The Morgan fingerprint density at radius 1 is 0.905 bits per heavy atom. The molecule has 2 aromatic rings. The van der Waals surface area contributed by atoms with Gasteiger partial charge in [-0.25, -0.2) is 0 Å². The molecule has 4 heterocycles. The molecule has 6 atom stereocenters. The third-order valence-electron chi connectivity index (χ3n) is 9.63. The largest absolute Gasteiger partial charge is 0.394 e. The zero-order chi connectivity index (χ0) is 29.8. The fourth-order valence-electron chi connectivity index (χ4n) is 7.69. The lowest BCUT2D eigenvalue weighted by molar-refractivity contribution is -0.152. The zero-order valence-corrected chi connectivity index (χ0v) is 24.7. The summed E-state index contributed by atoms with van der Waals surface area (Å²) in [7, 11) is 0. The Morgan fingerprint density at radius 2 is 1.60 bits per heavy atom. The number of hydrogen-bond acceptors (Lipinski definition) is 5. The van der Waals surface area contributed by atoms with Crippen LogP contribution in [-0.4, -0.2) is 75.6 Å². The Morgan fingerprint density at radius 3 is 2.26 bits per heavy atom. The molecule has 0 aliphatic carbocycles. The highest BCUT2D eigenvalue weighted by Gasteiger charge is 2.75. The maximum Gasteiger partial charge on any atom is 0.253 e. The van der Waals surface area contributed by atoms with Crippen molar-refractivity contribution in [3.05, 3.63) is 89.5 Å². The first-order chi connectivity index (χ1) is 20.2. The molecule has 1 unspecified atom stereocenters. The molecule has 1 spiro atoms. The maximum absolute atomic E-state index is 14.7. The summed E-state index contributed by atoms with van der Waals surface area (Å²) in [5.41, 5.74) is 1.30. The standard InChI is InChI=1S/C34H39N3O5/c1-5-33-16-10-18-35(20-25-14-7-6-8-15-25)30(39)26(33)27-31(40)37(24(4)21-38)29-32(41)36(19-11-17-34(27,29)42-33)28-22(2)12-9-13-23(28)3/h6-17,24,26-27,29,38H,5,18-21H2,1-4H3/t24-,26+,27+,29?,33-,34+/m1/s1. The molecule has 8 nitrogen and oxygen atoms in total. The van der Waals surface area contributed by atoms with E-state index >= 15 is 0 Å². The molecule has 4 aliphatic heterocycles. The number of nitrogens with zero attached hydrogens (tertiary/aromatic N) is 3. The number of anilines is 1. The quantitative estimate of drug-likeness (QED) is 0.538. The van der Waals surface area contributed by atoms with E-state index in [1.165, 1.54) is 4.90 Å². The predicted molar refractivity (Wildman–Crippen MR) is 159 cm³/mol. The molecule has 0 aromatic heterocycles. The summed E-state index contributed by atoms with van der Waals surface area (Å²) in [5.74, 6) is -2.49. The third-order valence-corrected chi connectivity index (χ3v) is 9.63. The van der Waals surface area contributed by atoms with Gasteiger partial charge >= 0.3 is 0 Å². The fraction of sp³-hybridized carbons (Fsp3) is 0.441. The van der Waals surface area contributed by atoms with Crippen LogP contribution < -0.4 is 4.90 Å². The van der Waals surface area contributed by atoms with Gasteiger partial charge in [-0.15, -0.1) is 0 Å². The molecular weight excluding hydrogens is 530 g/mol. The Hall–Kier alpha value is -3.75. The number of carbonyl (C=O) groups is 3. The van der Waals surface area contributed by atoms with Crippen molar-refractivity contribution in [3.8, 4) is 0 Å². The second kappa shape index (κ2) is 10.5. The van der Waals surface area contributed by atoms with Gasteiger partial charge < -0.3 is 24.5 Å². The molecule has 0 bridgehead atoms. The Balaban J connectivity index is 1.48. The molecule has 1 N–H and O–H groups in total. The van der Waals surface area contributed by atoms with E-state index in [0.29, 0.717) is 26.1 Å². The monoisotopic (exact) mass is 569 g/mol. The molecule has 0 saturated carbocycles. The number of aliphatic hydroxyl groups is 1. The topological polar surface area (TPSA) is 90.4 Å². The number of rotatable bonds is 6. The highest BCUT2D eigenvalue weighted by atomic mass is 16.5. The number of ether oxygens (including phenoxy) is 1. The van der Waals surface area contributed by atoms with E-state index in [-0.39, 0.29) is 24.3 Å². The molecule has 8 heteroatoms. The minimum Gasteiger partial charge on any atom is -0.394 e. The van der Waals surface area contributed by atoms with Crippen molar-refractivity contribution in [2.24, 2.45) is 11.8 Å². The van der Waals surface area contributed by atoms with Crippen molar-refractivity contribution in [1.29, 1.82) is 0 Å². The highest BCUT2D eigenvalue weighted by molar-refractivity contribution is 6.06. The minimum absolute atomic E-state index is 0.158. The van der Waals surface area contributed by atoms with Crippen molar-refractivity contribution in [2.45, 2.75) is 63.9 Å². The molecule has 2 saturated heterocycles. The van der Waals surface area contributed by atoms with E-state index in [0.717, 1.165) is 22.4 Å². The SMILES string of the molecule is CC[C@@]12C=CCN(Cc3ccccc3)C(=O)[C@@H]1[C@H]1C(=O)N([C@H](C)CO)C3C(=O)N(c4c(C)cccc4C)CC=C[C@@]31O2. The summed E-state index contributed by atoms with van der Waals surface area (Å²) < 4.78 is 7.04. The van der Waals surface area contributed by atoms with Crippen molar-refractivity contribution in [1.82, 2.24) is 9.80 Å². The van der Waals surface area contributed by atoms with Gasteiger partial charge in [0.25, 0.3) is 5.91 Å². The average Bonchev–Trinajstić information content (AvgIpc) is 3.29. The van der Waals surface area contributed by atoms with Gasteiger partial charge in [-0.05, 0) is 43.9 Å². The first kappa shape index (κ1) is 28.4. The molecule has 3 amide bonds. The lowest BCUT2D eigenvalue weighted by Crippen LogP contribution is -2.58. The van der Waals surface area contributed by atoms with Crippen LogP contribution in [-0.2, 0) is 25.7 Å². The molecule has 6 rings (SSSR count). The van der Waals surface area contributed by atoms with Gasteiger partial charge in [0.05, 0.1) is 30.1 Å². The molecule has 4 aliphatic rings. The molecule has 2 fully saturated rings. The summed E-state index contributed by atoms with van der Waals surface area (Å²) in [5, 5.41) is 10.3. The van der Waals surface area contributed by atoms with Crippen LogP contribution in [0.3, 0.4) is 0 Å². The number of amides is 3. The second-order valence-corrected chi connectivity index (χ2v) is 12.1.